The van der Waals surface area contributed by atoms with Crippen molar-refractivity contribution in [1.82, 2.24) is 19.9 Å². The molecule has 3 aliphatic rings. The van der Waals surface area contributed by atoms with Crippen LogP contribution < -0.4 is 10.7 Å². The zero-order valence-corrected chi connectivity index (χ0v) is 18.8. The van der Waals surface area contributed by atoms with Crippen LogP contribution in [-0.4, -0.2) is 65.6 Å². The lowest BCUT2D eigenvalue weighted by Gasteiger charge is -2.32. The lowest BCUT2D eigenvalue weighted by atomic mass is 9.96. The van der Waals surface area contributed by atoms with Crippen molar-refractivity contribution in [3.8, 4) is 22.5 Å². The molecular weight excluding hydrogens is 440 g/mol. The molecule has 7 nitrogen and oxygen atoms in total. The molecule has 3 atom stereocenters. The Morgan fingerprint density at radius 1 is 1.15 bits per heavy atom. The van der Waals surface area contributed by atoms with E-state index < -0.39 is 11.6 Å². The van der Waals surface area contributed by atoms with Gasteiger partial charge in [0, 0.05) is 67.1 Å². The van der Waals surface area contributed by atoms with Gasteiger partial charge in [0.2, 0.25) is 5.91 Å². The van der Waals surface area contributed by atoms with Gasteiger partial charge in [-0.1, -0.05) is 23.4 Å². The van der Waals surface area contributed by atoms with Gasteiger partial charge in [-0.05, 0) is 25.5 Å². The first-order valence-electron chi connectivity index (χ1n) is 11.6. The molecule has 1 unspecified atom stereocenters. The van der Waals surface area contributed by atoms with Crippen molar-refractivity contribution in [3.05, 3.63) is 52.9 Å². The zero-order valence-electron chi connectivity index (χ0n) is 18.8. The molecule has 9 heteroatoms. The highest BCUT2D eigenvalue weighted by Gasteiger charge is 2.48. The number of benzene rings is 1. The van der Waals surface area contributed by atoms with Crippen LogP contribution in [0, 0.1) is 29.4 Å². The Morgan fingerprint density at radius 3 is 2.79 bits per heavy atom. The molecule has 1 aromatic carbocycles. The quantitative estimate of drug-likeness (QED) is 0.640. The van der Waals surface area contributed by atoms with Gasteiger partial charge in [-0.15, -0.1) is 0 Å². The highest BCUT2D eigenvalue weighted by atomic mass is 19.2. The lowest BCUT2D eigenvalue weighted by molar-refractivity contribution is -0.134. The minimum absolute atomic E-state index is 0.0472. The molecule has 1 amide bonds. The molecule has 34 heavy (non-hydrogen) atoms. The molecular formula is C25H25F2N5O2. The summed E-state index contributed by atoms with van der Waals surface area (Å²) in [5.74, 6) is -0.799. The lowest BCUT2D eigenvalue weighted by Crippen LogP contribution is -2.48. The number of hydrogen-bond donors (Lipinski definition) is 1. The van der Waals surface area contributed by atoms with Gasteiger partial charge < -0.3 is 19.3 Å². The average Bonchev–Trinajstić information content (AvgIpc) is 3.31. The van der Waals surface area contributed by atoms with Crippen LogP contribution in [0.3, 0.4) is 0 Å². The second-order valence-electron chi connectivity index (χ2n) is 9.44. The van der Waals surface area contributed by atoms with E-state index in [0.717, 1.165) is 49.4 Å². The molecule has 1 aliphatic carbocycles. The van der Waals surface area contributed by atoms with E-state index in [2.05, 4.69) is 28.2 Å². The molecule has 1 saturated carbocycles. The first-order chi connectivity index (χ1) is 16.5. The Morgan fingerprint density at radius 2 is 1.97 bits per heavy atom. The van der Waals surface area contributed by atoms with E-state index >= 15 is 0 Å². The Labute approximate surface area is 194 Å². The number of carbonyl (C=O) groups is 1. The van der Waals surface area contributed by atoms with E-state index in [1.54, 1.807) is 6.20 Å². The number of amides is 1. The highest BCUT2D eigenvalue weighted by Crippen LogP contribution is 2.46. The molecule has 0 bridgehead atoms. The average molecular weight is 466 g/mol. The summed E-state index contributed by atoms with van der Waals surface area (Å²) in [6, 6.07) is 4.04. The van der Waals surface area contributed by atoms with Crippen molar-refractivity contribution in [2.45, 2.75) is 6.42 Å². The van der Waals surface area contributed by atoms with Crippen molar-refractivity contribution in [3.63, 3.8) is 0 Å². The molecule has 0 spiro atoms. The second-order valence-corrected chi connectivity index (χ2v) is 9.44. The first-order valence-corrected chi connectivity index (χ1v) is 11.6. The first kappa shape index (κ1) is 21.2. The van der Waals surface area contributed by atoms with E-state index in [9.17, 15) is 13.6 Å². The summed E-state index contributed by atoms with van der Waals surface area (Å²) in [4.78, 5) is 25.1. The van der Waals surface area contributed by atoms with E-state index in [4.69, 9.17) is 9.52 Å². The molecule has 0 radical (unpaired) electrons. The van der Waals surface area contributed by atoms with Gasteiger partial charge >= 0.3 is 0 Å². The molecule has 176 valence electrons. The Hall–Kier alpha value is -3.33. The SMILES string of the molecule is CN1CCN(C(=O)[C@@H]2C[C@H]2C2C=c3c(-c4oncc4-c4cccc(F)c4F)c[nH]c3=NC2)CC1. The summed E-state index contributed by atoms with van der Waals surface area (Å²) < 4.78 is 33.8. The fourth-order valence-electron chi connectivity index (χ4n) is 5.20. The van der Waals surface area contributed by atoms with Crippen LogP contribution in [0.25, 0.3) is 28.5 Å². The van der Waals surface area contributed by atoms with Gasteiger partial charge in [0.25, 0.3) is 0 Å². The number of nitrogens with zero attached hydrogens (tertiary/aromatic N) is 4. The summed E-state index contributed by atoms with van der Waals surface area (Å²) in [7, 11) is 2.08. The number of aromatic amines is 1. The normalized spacial score (nSPS) is 24.3. The maximum Gasteiger partial charge on any atom is 0.226 e. The monoisotopic (exact) mass is 465 g/mol. The second kappa shape index (κ2) is 8.16. The summed E-state index contributed by atoms with van der Waals surface area (Å²) in [5, 5.41) is 4.71. The number of hydrogen-bond acceptors (Lipinski definition) is 5. The standard InChI is InChI=1S/C25H25F2N5O2/c1-31-5-7-32(8-6-31)25(33)18-10-16(18)14-9-17-19(12-29-24(17)28-11-14)23-20(13-30-34-23)15-3-2-4-21(26)22(15)27/h2-4,9,12-14,16,18H,5-8,10-11H2,1H3,(H,28,29)/t14?,16-,18+/m0/s1. The molecule has 1 N–H and O–H groups in total. The van der Waals surface area contributed by atoms with Crippen LogP contribution in [0.15, 0.2) is 40.1 Å². The molecule has 4 heterocycles. The third-order valence-electron chi connectivity index (χ3n) is 7.32. The summed E-state index contributed by atoms with van der Waals surface area (Å²) in [6.45, 7) is 4.01. The molecule has 2 fully saturated rings. The van der Waals surface area contributed by atoms with Gasteiger partial charge in [0.05, 0.1) is 11.8 Å². The smallest absolute Gasteiger partial charge is 0.226 e. The van der Waals surface area contributed by atoms with E-state index in [-0.39, 0.29) is 29.2 Å². The molecule has 2 aliphatic heterocycles. The van der Waals surface area contributed by atoms with Crippen LogP contribution in [-0.2, 0) is 4.79 Å². The van der Waals surface area contributed by atoms with Gasteiger partial charge in [-0.3, -0.25) is 9.79 Å². The number of carbonyl (C=O) groups excluding carboxylic acids is 1. The van der Waals surface area contributed by atoms with Crippen molar-refractivity contribution in [2.75, 3.05) is 39.8 Å². The van der Waals surface area contributed by atoms with Crippen LogP contribution in [0.5, 0.6) is 0 Å². The summed E-state index contributed by atoms with van der Waals surface area (Å²) >= 11 is 0. The predicted molar refractivity (Wildman–Crippen MR) is 121 cm³/mol. The number of aromatic nitrogens is 2. The number of rotatable bonds is 4. The fourth-order valence-corrected chi connectivity index (χ4v) is 5.20. The molecule has 3 aromatic rings. The van der Waals surface area contributed by atoms with Crippen LogP contribution >= 0.6 is 0 Å². The molecule has 6 rings (SSSR count). The van der Waals surface area contributed by atoms with Gasteiger partial charge in [0.1, 0.15) is 5.49 Å². The minimum atomic E-state index is -0.939. The number of nitrogens with one attached hydrogen (secondary N) is 1. The summed E-state index contributed by atoms with van der Waals surface area (Å²) in [6.07, 6.45) is 6.17. The maximum atomic E-state index is 14.5. The van der Waals surface area contributed by atoms with Crippen molar-refractivity contribution in [2.24, 2.45) is 22.7 Å². The minimum Gasteiger partial charge on any atom is -0.356 e. The predicted octanol–water partition coefficient (Wildman–Crippen LogP) is 2.05. The number of halogens is 2. The summed E-state index contributed by atoms with van der Waals surface area (Å²) in [5.41, 5.74) is 1.89. The van der Waals surface area contributed by atoms with Crippen molar-refractivity contribution >= 4 is 12.0 Å². The number of H-pyrrole nitrogens is 1. The van der Waals surface area contributed by atoms with Gasteiger partial charge in [-0.2, -0.15) is 0 Å². The Bertz CT molecular complexity index is 1370. The van der Waals surface area contributed by atoms with Crippen molar-refractivity contribution < 1.29 is 18.1 Å². The van der Waals surface area contributed by atoms with Crippen molar-refractivity contribution in [1.29, 1.82) is 0 Å². The maximum absolute atomic E-state index is 14.5. The highest BCUT2D eigenvalue weighted by molar-refractivity contribution is 5.82. The van der Waals surface area contributed by atoms with Gasteiger partial charge in [-0.25, -0.2) is 8.78 Å². The third kappa shape index (κ3) is 3.55. The number of likely N-dealkylation sites (N-methyl/N-ethyl adjacent to an activating group) is 1. The number of fused-ring (bicyclic) bond motifs is 1. The van der Waals surface area contributed by atoms with Crippen LogP contribution in [0.2, 0.25) is 0 Å². The molecule has 1 saturated heterocycles. The van der Waals surface area contributed by atoms with E-state index in [1.807, 2.05) is 4.90 Å². The van der Waals surface area contributed by atoms with Crippen LogP contribution in [0.1, 0.15) is 6.42 Å². The largest absolute Gasteiger partial charge is 0.356 e. The molecule has 2 aromatic heterocycles. The third-order valence-corrected chi connectivity index (χ3v) is 7.32. The Kier molecular flexibility index (Phi) is 5.09. The zero-order chi connectivity index (χ0) is 23.4. The fraction of sp³-hybridized carbons (Fsp3) is 0.400. The van der Waals surface area contributed by atoms with Crippen LogP contribution in [0.4, 0.5) is 8.78 Å². The van der Waals surface area contributed by atoms with E-state index in [1.165, 1.54) is 18.3 Å². The van der Waals surface area contributed by atoms with E-state index in [0.29, 0.717) is 23.4 Å². The topological polar surface area (TPSA) is 77.7 Å². The van der Waals surface area contributed by atoms with Gasteiger partial charge in [0.15, 0.2) is 17.4 Å². The number of piperazine rings is 1. The Balaban J connectivity index is 1.28.